The van der Waals surface area contributed by atoms with Gasteiger partial charge in [0.2, 0.25) is 5.91 Å². The quantitative estimate of drug-likeness (QED) is 0.721. The highest BCUT2D eigenvalue weighted by Gasteiger charge is 2.18. The van der Waals surface area contributed by atoms with Crippen molar-refractivity contribution in [3.8, 4) is 11.4 Å². The first-order valence-electron chi connectivity index (χ1n) is 8.14. The molecule has 2 aromatic heterocycles. The Morgan fingerprint density at radius 3 is 2.81 bits per heavy atom. The number of carbonyl (C=O) groups is 1. The lowest BCUT2D eigenvalue weighted by Crippen LogP contribution is -2.46. The number of hydrogen-bond acceptors (Lipinski definition) is 5. The van der Waals surface area contributed by atoms with E-state index < -0.39 is 0 Å². The van der Waals surface area contributed by atoms with Crippen LogP contribution in [0.4, 0.5) is 0 Å². The normalized spacial score (nSPS) is 16.1. The number of aryl methyl sites for hydroxylation is 1. The molecular formula is C17H23Cl2N5O2. The van der Waals surface area contributed by atoms with E-state index in [0.717, 1.165) is 31.5 Å². The van der Waals surface area contributed by atoms with Gasteiger partial charge in [0.05, 0.1) is 6.42 Å². The monoisotopic (exact) mass is 399 g/mol. The minimum atomic E-state index is -0.279. The zero-order valence-corrected chi connectivity index (χ0v) is 16.1. The molecule has 0 unspecified atom stereocenters. The van der Waals surface area contributed by atoms with Crippen molar-refractivity contribution in [2.75, 3.05) is 13.1 Å². The van der Waals surface area contributed by atoms with Gasteiger partial charge in [-0.25, -0.2) is 4.98 Å². The molecule has 0 aromatic carbocycles. The highest BCUT2D eigenvalue weighted by molar-refractivity contribution is 5.85. The first-order valence-corrected chi connectivity index (χ1v) is 8.14. The lowest BCUT2D eigenvalue weighted by atomic mass is 10.1. The van der Waals surface area contributed by atoms with Crippen LogP contribution in [0.3, 0.4) is 0 Å². The first kappa shape index (κ1) is 22.1. The second-order valence-electron chi connectivity index (χ2n) is 6.01. The Labute approximate surface area is 164 Å². The Morgan fingerprint density at radius 2 is 2.19 bits per heavy atom. The van der Waals surface area contributed by atoms with E-state index in [2.05, 4.69) is 25.6 Å². The summed E-state index contributed by atoms with van der Waals surface area (Å²) in [4.78, 5) is 35.7. The van der Waals surface area contributed by atoms with E-state index in [1.807, 2.05) is 6.07 Å². The molecule has 1 amide bonds. The zero-order chi connectivity index (χ0) is 16.9. The predicted molar refractivity (Wildman–Crippen MR) is 105 cm³/mol. The zero-order valence-electron chi connectivity index (χ0n) is 14.4. The molecule has 0 aliphatic carbocycles. The van der Waals surface area contributed by atoms with Crippen molar-refractivity contribution < 1.29 is 4.79 Å². The van der Waals surface area contributed by atoms with Gasteiger partial charge < -0.3 is 15.6 Å². The number of nitrogens with one attached hydrogen (secondary N) is 3. The minimum absolute atomic E-state index is 0. The molecule has 3 rings (SSSR count). The van der Waals surface area contributed by atoms with Gasteiger partial charge in [-0.15, -0.1) is 24.8 Å². The number of H-pyrrole nitrogens is 1. The second kappa shape index (κ2) is 10.3. The molecule has 2 aromatic rings. The Morgan fingerprint density at radius 1 is 1.38 bits per heavy atom. The van der Waals surface area contributed by atoms with Crippen LogP contribution in [0.2, 0.25) is 0 Å². The molecule has 9 heteroatoms. The van der Waals surface area contributed by atoms with Gasteiger partial charge in [-0.2, -0.15) is 0 Å². The van der Waals surface area contributed by atoms with Crippen LogP contribution in [-0.4, -0.2) is 40.0 Å². The third-order valence-corrected chi connectivity index (χ3v) is 4.16. The maximum Gasteiger partial charge on any atom is 0.255 e. The second-order valence-corrected chi connectivity index (χ2v) is 6.01. The molecular weight excluding hydrogens is 377 g/mol. The average Bonchev–Trinajstić information content (AvgIpc) is 2.59. The Hall–Kier alpha value is -1.96. The van der Waals surface area contributed by atoms with E-state index in [0.29, 0.717) is 17.1 Å². The van der Waals surface area contributed by atoms with Crippen LogP contribution in [-0.2, 0) is 11.2 Å². The fourth-order valence-electron chi connectivity index (χ4n) is 2.87. The molecule has 0 bridgehead atoms. The van der Waals surface area contributed by atoms with E-state index in [1.54, 1.807) is 25.4 Å². The van der Waals surface area contributed by atoms with Gasteiger partial charge >= 0.3 is 0 Å². The van der Waals surface area contributed by atoms with Gasteiger partial charge in [0.1, 0.15) is 5.82 Å². The van der Waals surface area contributed by atoms with Crippen LogP contribution in [0.25, 0.3) is 11.4 Å². The van der Waals surface area contributed by atoms with Crippen molar-refractivity contribution >= 4 is 30.7 Å². The number of aromatic nitrogens is 3. The molecule has 3 heterocycles. The lowest BCUT2D eigenvalue weighted by Gasteiger charge is -2.23. The standard InChI is InChI=1S/C17H21N5O2.2ClH/c1-11-14(8-15(23)21-13-5-3-7-19-10-13)17(24)22-16(20-11)12-4-2-6-18-9-12;;/h2,4,6,9,13,19H,3,5,7-8,10H2,1H3,(H,21,23)(H,20,22,24);2*1H/t13-;;/m0../s1. The molecule has 1 aliphatic heterocycles. The molecule has 7 nitrogen and oxygen atoms in total. The lowest BCUT2D eigenvalue weighted by molar-refractivity contribution is -0.121. The molecule has 142 valence electrons. The fraction of sp³-hybridized carbons (Fsp3) is 0.412. The summed E-state index contributed by atoms with van der Waals surface area (Å²) in [5, 5.41) is 6.23. The predicted octanol–water partition coefficient (Wildman–Crippen LogP) is 1.39. The summed E-state index contributed by atoms with van der Waals surface area (Å²) in [5.41, 5.74) is 1.43. The maximum absolute atomic E-state index is 12.4. The van der Waals surface area contributed by atoms with Gasteiger partial charge in [0.15, 0.2) is 0 Å². The molecule has 1 atom stereocenters. The summed E-state index contributed by atoms with van der Waals surface area (Å²) in [5.74, 6) is 0.319. The number of hydrogen-bond donors (Lipinski definition) is 3. The van der Waals surface area contributed by atoms with E-state index in [9.17, 15) is 9.59 Å². The smallest absolute Gasteiger partial charge is 0.255 e. The molecule has 3 N–H and O–H groups in total. The van der Waals surface area contributed by atoms with Gasteiger partial charge in [-0.3, -0.25) is 14.6 Å². The summed E-state index contributed by atoms with van der Waals surface area (Å²) in [6.45, 7) is 3.52. The molecule has 1 saturated heterocycles. The number of nitrogens with zero attached hydrogens (tertiary/aromatic N) is 2. The molecule has 0 radical (unpaired) electrons. The molecule has 0 spiro atoms. The van der Waals surface area contributed by atoms with E-state index in [-0.39, 0.29) is 48.7 Å². The van der Waals surface area contributed by atoms with E-state index >= 15 is 0 Å². The number of rotatable bonds is 4. The molecule has 1 aliphatic rings. The van der Waals surface area contributed by atoms with E-state index in [1.165, 1.54) is 0 Å². The summed E-state index contributed by atoms with van der Waals surface area (Å²) < 4.78 is 0. The summed E-state index contributed by atoms with van der Waals surface area (Å²) in [7, 11) is 0. The largest absolute Gasteiger partial charge is 0.352 e. The number of amides is 1. The van der Waals surface area contributed by atoms with Crippen molar-refractivity contribution in [2.45, 2.75) is 32.2 Å². The third kappa shape index (κ3) is 5.52. The van der Waals surface area contributed by atoms with Crippen molar-refractivity contribution in [3.05, 3.63) is 46.1 Å². The first-order chi connectivity index (χ1) is 11.6. The van der Waals surface area contributed by atoms with Gasteiger partial charge in [0, 0.05) is 41.8 Å². The minimum Gasteiger partial charge on any atom is -0.352 e. The van der Waals surface area contributed by atoms with Crippen LogP contribution in [0.1, 0.15) is 24.1 Å². The number of pyridine rings is 1. The van der Waals surface area contributed by atoms with Crippen molar-refractivity contribution in [1.82, 2.24) is 25.6 Å². The van der Waals surface area contributed by atoms with Crippen LogP contribution < -0.4 is 16.2 Å². The summed E-state index contributed by atoms with van der Waals surface area (Å²) in [6, 6.07) is 3.74. The van der Waals surface area contributed by atoms with Crippen LogP contribution in [0.5, 0.6) is 0 Å². The van der Waals surface area contributed by atoms with E-state index in [4.69, 9.17) is 0 Å². The number of carbonyl (C=O) groups excluding carboxylic acids is 1. The Bertz CT molecular complexity index is 776. The maximum atomic E-state index is 12.4. The third-order valence-electron chi connectivity index (χ3n) is 4.16. The summed E-state index contributed by atoms with van der Waals surface area (Å²) in [6.07, 6.45) is 5.35. The highest BCUT2D eigenvalue weighted by atomic mass is 35.5. The van der Waals surface area contributed by atoms with Crippen molar-refractivity contribution in [1.29, 1.82) is 0 Å². The van der Waals surface area contributed by atoms with Crippen molar-refractivity contribution in [3.63, 3.8) is 0 Å². The van der Waals surface area contributed by atoms with Gasteiger partial charge in [0.25, 0.3) is 5.56 Å². The number of halogens is 2. The van der Waals surface area contributed by atoms with Crippen molar-refractivity contribution in [2.24, 2.45) is 0 Å². The van der Waals surface area contributed by atoms with Crippen LogP contribution in [0.15, 0.2) is 29.3 Å². The van der Waals surface area contributed by atoms with Crippen LogP contribution in [0, 0.1) is 6.92 Å². The molecule has 0 saturated carbocycles. The Kier molecular flexibility index (Phi) is 8.71. The molecule has 1 fully saturated rings. The molecule has 26 heavy (non-hydrogen) atoms. The van der Waals surface area contributed by atoms with Gasteiger partial charge in [-0.05, 0) is 38.4 Å². The average molecular weight is 400 g/mol. The van der Waals surface area contributed by atoms with Crippen LogP contribution >= 0.6 is 24.8 Å². The number of piperidine rings is 1. The Balaban J connectivity index is 0.00000169. The van der Waals surface area contributed by atoms with Gasteiger partial charge in [-0.1, -0.05) is 0 Å². The SMILES string of the molecule is Cc1nc(-c2cccnc2)[nH]c(=O)c1CC(=O)N[C@H]1CCCNC1.Cl.Cl. The highest BCUT2D eigenvalue weighted by Crippen LogP contribution is 2.13. The number of aromatic amines is 1. The fourth-order valence-corrected chi connectivity index (χ4v) is 2.87. The summed E-state index contributed by atoms with van der Waals surface area (Å²) >= 11 is 0. The topological polar surface area (TPSA) is 99.8 Å².